The Morgan fingerprint density at radius 2 is 0.418 bits per heavy atom. The number of nitrogens with two attached hydrogens (primary N) is 1. The smallest absolute Gasteiger partial charge is 0.000654 e. The molecule has 0 aromatic rings. The zero-order valence-electron chi connectivity index (χ0n) is 49.2. The van der Waals surface area contributed by atoms with Crippen molar-refractivity contribution in [3.63, 3.8) is 0 Å². The van der Waals surface area contributed by atoms with Gasteiger partial charge in [0.15, 0.2) is 0 Å². The molecular weight excluding hydrogens is 813 g/mol. The van der Waals surface area contributed by atoms with Crippen LogP contribution in [-0.4, -0.2) is 68.7 Å². The van der Waals surface area contributed by atoms with E-state index in [0.717, 1.165) is 13.0 Å². The highest BCUT2D eigenvalue weighted by atomic mass is 15.1. The fourth-order valence-corrected chi connectivity index (χ4v) is 9.11. The van der Waals surface area contributed by atoms with E-state index in [1.165, 1.54) is 335 Å². The van der Waals surface area contributed by atoms with Crippen LogP contribution in [0.3, 0.4) is 0 Å². The fourth-order valence-electron chi connectivity index (χ4n) is 9.11. The lowest BCUT2D eigenvalue weighted by Crippen LogP contribution is -2.33. The Morgan fingerprint density at radius 3 is 0.657 bits per heavy atom. The summed E-state index contributed by atoms with van der Waals surface area (Å²) in [5, 5.41) is 3.68. The normalized spacial score (nSPS) is 11.1. The Balaban J connectivity index is -0.000000451. The van der Waals surface area contributed by atoms with E-state index in [1.54, 1.807) is 0 Å². The van der Waals surface area contributed by atoms with Crippen molar-refractivity contribution in [2.75, 3.05) is 58.9 Å². The molecule has 0 spiro atoms. The van der Waals surface area contributed by atoms with E-state index in [-0.39, 0.29) is 0 Å². The fraction of sp³-hybridized carbons (Fsp3) is 1.00. The maximum Gasteiger partial charge on any atom is -0.000654 e. The van der Waals surface area contributed by atoms with E-state index >= 15 is 0 Å². The first-order chi connectivity index (χ1) is 33.0. The molecule has 67 heavy (non-hydrogen) atoms. The summed E-state index contributed by atoms with van der Waals surface area (Å²) in [5.74, 6) is 0. The minimum Gasteiger partial charge on any atom is -0.330 e. The van der Waals surface area contributed by atoms with Gasteiger partial charge in [0.25, 0.3) is 0 Å². The molecule has 410 valence electrons. The van der Waals surface area contributed by atoms with E-state index in [2.05, 4.69) is 77.4 Å². The van der Waals surface area contributed by atoms with Gasteiger partial charge >= 0.3 is 0 Å². The first kappa shape index (κ1) is 73.4. The van der Waals surface area contributed by atoms with E-state index < -0.39 is 0 Å². The minimum atomic E-state index is 0.814. The lowest BCUT2D eigenvalue weighted by atomic mass is 10.1. The number of unbranched alkanes of at least 4 members (excludes halogenated alkanes) is 36. The summed E-state index contributed by atoms with van der Waals surface area (Å²) in [6.45, 7) is 31.1. The maximum atomic E-state index is 5.69. The Bertz CT molecular complexity index is 668. The molecule has 0 fully saturated rings. The van der Waals surface area contributed by atoms with E-state index in [4.69, 9.17) is 5.73 Å². The molecule has 3 N–H and O–H groups in total. The van der Waals surface area contributed by atoms with Gasteiger partial charge in [-0.2, -0.15) is 0 Å². The summed E-state index contributed by atoms with van der Waals surface area (Å²) in [5.41, 5.74) is 5.69. The summed E-state index contributed by atoms with van der Waals surface area (Å²) in [7, 11) is 0. The Hall–Kier alpha value is -0.160. The van der Waals surface area contributed by atoms with Gasteiger partial charge in [-0.1, -0.05) is 313 Å². The summed E-state index contributed by atoms with van der Waals surface area (Å²) in [4.78, 5) is 5.28. The van der Waals surface area contributed by atoms with Crippen molar-refractivity contribution in [3.8, 4) is 0 Å². The van der Waals surface area contributed by atoms with E-state index in [9.17, 15) is 0 Å². The van der Waals surface area contributed by atoms with Gasteiger partial charge in [0.1, 0.15) is 0 Å². The van der Waals surface area contributed by atoms with Crippen molar-refractivity contribution in [2.45, 2.75) is 351 Å². The summed E-state index contributed by atoms with van der Waals surface area (Å²) in [6.07, 6.45) is 63.8. The molecule has 0 saturated heterocycles. The highest BCUT2D eigenvalue weighted by Crippen LogP contribution is 2.13. The zero-order chi connectivity index (χ0) is 50.0. The van der Waals surface area contributed by atoms with Crippen molar-refractivity contribution in [2.24, 2.45) is 5.73 Å². The number of hydrogen-bond donors (Lipinski definition) is 2. The lowest BCUT2D eigenvalue weighted by Gasteiger charge is -2.25. The van der Waals surface area contributed by atoms with Gasteiger partial charge in [-0.05, 0) is 97.4 Å². The van der Waals surface area contributed by atoms with Crippen molar-refractivity contribution in [1.82, 2.24) is 15.1 Å². The molecule has 0 aliphatic rings. The Kier molecular flexibility index (Phi) is 81.9. The number of nitrogens with one attached hydrogen (secondary N) is 1. The molecule has 0 unspecified atom stereocenters. The first-order valence-electron chi connectivity index (χ1n) is 31.9. The number of nitrogens with zero attached hydrogens (tertiary/aromatic N) is 2. The standard InChI is InChI=1S/C27H60N4.3C12H26/c1-4-7-8-9-10-11-12-13-14-15-20-29-21-17-25-31(23-6-3)27-18-26-30(22-5-2)24-16-19-28;3*1-3-5-7-9-11-12-10-8-6-4-2/h29H,4-28H2,1-3H3;3*3-12H2,1-2H3. The van der Waals surface area contributed by atoms with Crippen LogP contribution in [0, 0.1) is 0 Å². The van der Waals surface area contributed by atoms with Crippen LogP contribution in [-0.2, 0) is 0 Å². The number of hydrogen-bond acceptors (Lipinski definition) is 4. The Morgan fingerprint density at radius 1 is 0.209 bits per heavy atom. The average molecular weight is 952 g/mol. The average Bonchev–Trinajstić information content (AvgIpc) is 3.34. The van der Waals surface area contributed by atoms with Crippen LogP contribution in [0.25, 0.3) is 0 Å². The molecule has 0 rings (SSSR count). The van der Waals surface area contributed by atoms with Crippen LogP contribution in [0.4, 0.5) is 0 Å². The second-order valence-corrected chi connectivity index (χ2v) is 20.9. The molecule has 0 aliphatic carbocycles. The molecule has 4 heteroatoms. The van der Waals surface area contributed by atoms with Gasteiger partial charge in [-0.3, -0.25) is 0 Å². The highest BCUT2D eigenvalue weighted by molar-refractivity contribution is 4.64. The molecule has 0 aliphatic heterocycles. The third kappa shape index (κ3) is 77.5. The predicted octanol–water partition coefficient (Wildman–Crippen LogP) is 20.8. The molecule has 0 amide bonds. The second kappa shape index (κ2) is 74.8. The molecular formula is C63H138N4. The van der Waals surface area contributed by atoms with Gasteiger partial charge in [0, 0.05) is 0 Å². The van der Waals surface area contributed by atoms with E-state index in [0.29, 0.717) is 0 Å². The van der Waals surface area contributed by atoms with Crippen LogP contribution in [0.5, 0.6) is 0 Å². The van der Waals surface area contributed by atoms with Gasteiger partial charge in [-0.15, -0.1) is 0 Å². The van der Waals surface area contributed by atoms with Crippen molar-refractivity contribution in [3.05, 3.63) is 0 Å². The molecule has 0 radical (unpaired) electrons. The summed E-state index contributed by atoms with van der Waals surface area (Å²) in [6, 6.07) is 0. The van der Waals surface area contributed by atoms with Gasteiger partial charge in [0.05, 0.1) is 0 Å². The lowest BCUT2D eigenvalue weighted by molar-refractivity contribution is 0.223. The molecule has 0 aromatic carbocycles. The third-order valence-corrected chi connectivity index (χ3v) is 13.6. The zero-order valence-corrected chi connectivity index (χ0v) is 49.2. The second-order valence-electron chi connectivity index (χ2n) is 20.9. The topological polar surface area (TPSA) is 44.5 Å². The quantitative estimate of drug-likeness (QED) is 0.0597. The predicted molar refractivity (Wildman–Crippen MR) is 314 cm³/mol. The molecule has 0 heterocycles. The summed E-state index contributed by atoms with van der Waals surface area (Å²) >= 11 is 0. The molecule has 4 nitrogen and oxygen atoms in total. The van der Waals surface area contributed by atoms with Crippen LogP contribution in [0.1, 0.15) is 351 Å². The van der Waals surface area contributed by atoms with Crippen molar-refractivity contribution < 1.29 is 0 Å². The van der Waals surface area contributed by atoms with Crippen molar-refractivity contribution >= 4 is 0 Å². The minimum absolute atomic E-state index is 0.814. The highest BCUT2D eigenvalue weighted by Gasteiger charge is 2.07. The maximum absolute atomic E-state index is 5.69. The largest absolute Gasteiger partial charge is 0.330 e. The third-order valence-electron chi connectivity index (χ3n) is 13.6. The summed E-state index contributed by atoms with van der Waals surface area (Å²) < 4.78 is 0. The van der Waals surface area contributed by atoms with Gasteiger partial charge < -0.3 is 20.9 Å². The van der Waals surface area contributed by atoms with Crippen molar-refractivity contribution in [1.29, 1.82) is 0 Å². The molecule has 0 atom stereocenters. The molecule has 0 bridgehead atoms. The van der Waals surface area contributed by atoms with Crippen LogP contribution < -0.4 is 11.1 Å². The molecule has 0 saturated carbocycles. The number of rotatable bonds is 53. The Labute approximate surface area is 429 Å². The molecule has 0 aromatic heterocycles. The van der Waals surface area contributed by atoms with Crippen LogP contribution in [0.15, 0.2) is 0 Å². The van der Waals surface area contributed by atoms with Gasteiger partial charge in [0.2, 0.25) is 0 Å². The van der Waals surface area contributed by atoms with E-state index in [1.807, 2.05) is 0 Å². The monoisotopic (exact) mass is 951 g/mol. The first-order valence-corrected chi connectivity index (χ1v) is 31.9. The SMILES string of the molecule is CCCCCCCCCCCC.CCCCCCCCCCCC.CCCCCCCCCCCC.CCCCCCCCCCCCNCCCN(CCC)CCCN(CCC)CCCN. The van der Waals surface area contributed by atoms with Crippen LogP contribution in [0.2, 0.25) is 0 Å². The van der Waals surface area contributed by atoms with Gasteiger partial charge in [-0.25, -0.2) is 0 Å². The van der Waals surface area contributed by atoms with Crippen LogP contribution >= 0.6 is 0 Å².